The fourth-order valence-corrected chi connectivity index (χ4v) is 3.46. The number of rotatable bonds is 9. The SMILES string of the molecule is CCCOc1cc(C(CCOC)N2C(=O)c3ccc(N)cc3C2=O)ccc1OC. The van der Waals surface area contributed by atoms with Gasteiger partial charge >= 0.3 is 0 Å². The number of amides is 2. The summed E-state index contributed by atoms with van der Waals surface area (Å²) in [7, 11) is 3.16. The number of anilines is 1. The monoisotopic (exact) mass is 398 g/mol. The Morgan fingerprint density at radius 1 is 0.966 bits per heavy atom. The van der Waals surface area contributed by atoms with Gasteiger partial charge in [0, 0.05) is 19.4 Å². The highest BCUT2D eigenvalue weighted by Gasteiger charge is 2.40. The van der Waals surface area contributed by atoms with Gasteiger partial charge in [-0.15, -0.1) is 0 Å². The van der Waals surface area contributed by atoms with E-state index in [1.54, 1.807) is 38.5 Å². The topological polar surface area (TPSA) is 91.1 Å². The molecular weight excluding hydrogens is 372 g/mol. The van der Waals surface area contributed by atoms with E-state index in [1.807, 2.05) is 19.1 Å². The van der Waals surface area contributed by atoms with Crippen LogP contribution < -0.4 is 15.2 Å². The predicted molar refractivity (Wildman–Crippen MR) is 109 cm³/mol. The van der Waals surface area contributed by atoms with E-state index < -0.39 is 6.04 Å². The molecule has 0 radical (unpaired) electrons. The molecule has 0 spiro atoms. The van der Waals surface area contributed by atoms with Gasteiger partial charge in [0.05, 0.1) is 30.9 Å². The molecule has 7 heteroatoms. The van der Waals surface area contributed by atoms with Gasteiger partial charge < -0.3 is 19.9 Å². The summed E-state index contributed by atoms with van der Waals surface area (Å²) in [6.07, 6.45) is 1.30. The minimum absolute atomic E-state index is 0.327. The lowest BCUT2D eigenvalue weighted by atomic mass is 10.0. The molecule has 29 heavy (non-hydrogen) atoms. The number of nitrogen functional groups attached to an aromatic ring is 1. The minimum Gasteiger partial charge on any atom is -0.493 e. The quantitative estimate of drug-likeness (QED) is 0.514. The van der Waals surface area contributed by atoms with Gasteiger partial charge in [-0.05, 0) is 48.7 Å². The average molecular weight is 398 g/mol. The molecule has 0 bridgehead atoms. The van der Waals surface area contributed by atoms with Crippen LogP contribution in [0.5, 0.6) is 11.5 Å². The maximum Gasteiger partial charge on any atom is 0.262 e. The summed E-state index contributed by atoms with van der Waals surface area (Å²) in [5.74, 6) is 0.487. The fourth-order valence-electron chi connectivity index (χ4n) is 3.46. The third kappa shape index (κ3) is 4.05. The zero-order valence-corrected chi connectivity index (χ0v) is 16.9. The van der Waals surface area contributed by atoms with E-state index in [9.17, 15) is 9.59 Å². The normalized spacial score (nSPS) is 14.1. The van der Waals surface area contributed by atoms with Crippen LogP contribution in [0.4, 0.5) is 5.69 Å². The zero-order chi connectivity index (χ0) is 21.0. The second-order valence-electron chi connectivity index (χ2n) is 6.84. The van der Waals surface area contributed by atoms with Crippen LogP contribution in [0.15, 0.2) is 36.4 Å². The minimum atomic E-state index is -0.501. The van der Waals surface area contributed by atoms with Crippen molar-refractivity contribution in [3.05, 3.63) is 53.1 Å². The van der Waals surface area contributed by atoms with Crippen LogP contribution in [0.3, 0.4) is 0 Å². The van der Waals surface area contributed by atoms with Crippen LogP contribution >= 0.6 is 0 Å². The second kappa shape index (κ2) is 8.96. The van der Waals surface area contributed by atoms with Gasteiger partial charge in [-0.1, -0.05) is 13.0 Å². The summed E-state index contributed by atoms with van der Waals surface area (Å²) in [4.78, 5) is 27.4. The third-order valence-corrected chi connectivity index (χ3v) is 4.88. The van der Waals surface area contributed by atoms with E-state index in [2.05, 4.69) is 0 Å². The van der Waals surface area contributed by atoms with E-state index in [-0.39, 0.29) is 11.8 Å². The lowest BCUT2D eigenvalue weighted by molar-refractivity contribution is 0.0545. The van der Waals surface area contributed by atoms with Crippen molar-refractivity contribution in [1.82, 2.24) is 4.90 Å². The smallest absolute Gasteiger partial charge is 0.262 e. The number of fused-ring (bicyclic) bond motifs is 1. The Hall–Kier alpha value is -3.06. The summed E-state index contributed by atoms with van der Waals surface area (Å²) in [6, 6.07) is 9.73. The zero-order valence-electron chi connectivity index (χ0n) is 16.9. The molecule has 1 heterocycles. The highest BCUT2D eigenvalue weighted by atomic mass is 16.5. The molecule has 0 aliphatic carbocycles. The molecule has 2 aromatic rings. The van der Waals surface area contributed by atoms with Crippen molar-refractivity contribution in [2.45, 2.75) is 25.8 Å². The van der Waals surface area contributed by atoms with Crippen LogP contribution in [0.2, 0.25) is 0 Å². The Morgan fingerprint density at radius 2 is 1.72 bits per heavy atom. The molecule has 0 saturated heterocycles. The van der Waals surface area contributed by atoms with Crippen LogP contribution in [-0.2, 0) is 4.74 Å². The first-order valence-electron chi connectivity index (χ1n) is 9.58. The summed E-state index contributed by atoms with van der Waals surface area (Å²) >= 11 is 0. The maximum atomic E-state index is 13.1. The third-order valence-electron chi connectivity index (χ3n) is 4.88. The first kappa shape index (κ1) is 20.7. The van der Waals surface area contributed by atoms with Gasteiger partial charge in [0.1, 0.15) is 0 Å². The largest absolute Gasteiger partial charge is 0.493 e. The van der Waals surface area contributed by atoms with Crippen LogP contribution in [0.25, 0.3) is 0 Å². The van der Waals surface area contributed by atoms with E-state index in [0.29, 0.717) is 47.9 Å². The lowest BCUT2D eigenvalue weighted by Crippen LogP contribution is -2.34. The Kier molecular flexibility index (Phi) is 6.39. The van der Waals surface area contributed by atoms with Gasteiger partial charge in [0.25, 0.3) is 11.8 Å². The van der Waals surface area contributed by atoms with Crippen LogP contribution in [0.1, 0.15) is 52.1 Å². The number of methoxy groups -OCH3 is 2. The van der Waals surface area contributed by atoms with Crippen LogP contribution in [0, 0.1) is 0 Å². The number of benzene rings is 2. The van der Waals surface area contributed by atoms with Crippen molar-refractivity contribution in [2.24, 2.45) is 0 Å². The highest BCUT2D eigenvalue weighted by molar-refractivity contribution is 6.22. The maximum absolute atomic E-state index is 13.1. The van der Waals surface area contributed by atoms with Crippen molar-refractivity contribution in [2.75, 3.05) is 33.2 Å². The number of nitrogens with zero attached hydrogens (tertiary/aromatic N) is 1. The number of nitrogens with two attached hydrogens (primary N) is 1. The van der Waals surface area contributed by atoms with Gasteiger partial charge in [-0.2, -0.15) is 0 Å². The van der Waals surface area contributed by atoms with Gasteiger partial charge in [0.2, 0.25) is 0 Å². The number of carbonyl (C=O) groups excluding carboxylic acids is 2. The molecule has 0 fully saturated rings. The number of hydrogen-bond acceptors (Lipinski definition) is 6. The second-order valence-corrected chi connectivity index (χ2v) is 6.84. The fraction of sp³-hybridized carbons (Fsp3) is 0.364. The molecule has 154 valence electrons. The molecular formula is C22H26N2O5. The lowest BCUT2D eigenvalue weighted by Gasteiger charge is -2.27. The summed E-state index contributed by atoms with van der Waals surface area (Å²) in [6.45, 7) is 2.94. The number of imide groups is 1. The Bertz CT molecular complexity index is 912. The highest BCUT2D eigenvalue weighted by Crippen LogP contribution is 2.37. The standard InChI is InChI=1S/C22H26N2O5/c1-4-10-29-20-12-14(5-8-19(20)28-3)18(9-11-27-2)24-21(25)16-7-6-15(23)13-17(16)22(24)26/h5-8,12-13,18H,4,9-11,23H2,1-3H3. The molecule has 1 unspecified atom stereocenters. The molecule has 2 aromatic carbocycles. The van der Waals surface area contributed by atoms with E-state index >= 15 is 0 Å². The van der Waals surface area contributed by atoms with Crippen molar-refractivity contribution < 1.29 is 23.8 Å². The van der Waals surface area contributed by atoms with Crippen molar-refractivity contribution in [1.29, 1.82) is 0 Å². The van der Waals surface area contributed by atoms with E-state index in [4.69, 9.17) is 19.9 Å². The number of hydrogen-bond donors (Lipinski definition) is 1. The Balaban J connectivity index is 2.01. The van der Waals surface area contributed by atoms with E-state index in [1.165, 1.54) is 4.90 Å². The molecule has 7 nitrogen and oxygen atoms in total. The van der Waals surface area contributed by atoms with Crippen molar-refractivity contribution in [3.8, 4) is 11.5 Å². The molecule has 1 aliphatic heterocycles. The Labute approximate surface area is 170 Å². The first-order valence-corrected chi connectivity index (χ1v) is 9.58. The molecule has 0 aromatic heterocycles. The summed E-state index contributed by atoms with van der Waals surface area (Å²) in [5.41, 5.74) is 7.73. The van der Waals surface area contributed by atoms with Crippen molar-refractivity contribution >= 4 is 17.5 Å². The molecule has 1 aliphatic rings. The van der Waals surface area contributed by atoms with Gasteiger partial charge in [-0.25, -0.2) is 0 Å². The van der Waals surface area contributed by atoms with E-state index in [0.717, 1.165) is 12.0 Å². The average Bonchev–Trinajstić information content (AvgIpc) is 2.97. The van der Waals surface area contributed by atoms with Crippen molar-refractivity contribution in [3.63, 3.8) is 0 Å². The Morgan fingerprint density at radius 3 is 2.41 bits per heavy atom. The molecule has 1 atom stereocenters. The molecule has 2 N–H and O–H groups in total. The molecule has 0 saturated carbocycles. The predicted octanol–water partition coefficient (Wildman–Crippen LogP) is 3.44. The first-order chi connectivity index (χ1) is 14.0. The van der Waals surface area contributed by atoms with Gasteiger partial charge in [-0.3, -0.25) is 14.5 Å². The number of ether oxygens (including phenoxy) is 3. The summed E-state index contributed by atoms with van der Waals surface area (Å²) < 4.78 is 16.4. The number of carbonyl (C=O) groups is 2. The molecule has 2 amide bonds. The van der Waals surface area contributed by atoms with Gasteiger partial charge in [0.15, 0.2) is 11.5 Å². The summed E-state index contributed by atoms with van der Waals surface area (Å²) in [5, 5.41) is 0. The molecule has 3 rings (SSSR count). The van der Waals surface area contributed by atoms with Crippen LogP contribution in [-0.4, -0.2) is 44.1 Å².